The van der Waals surface area contributed by atoms with Crippen LogP contribution >= 0.6 is 23.5 Å². The van der Waals surface area contributed by atoms with Crippen LogP contribution in [0.3, 0.4) is 0 Å². The Labute approximate surface area is 178 Å². The third-order valence-corrected chi connectivity index (χ3v) is 9.33. The quantitative estimate of drug-likeness (QED) is 0.339. The number of imidazole rings is 1. The van der Waals surface area contributed by atoms with Crippen LogP contribution < -0.4 is 5.23 Å². The fourth-order valence-electron chi connectivity index (χ4n) is 4.56. The van der Waals surface area contributed by atoms with E-state index in [1.807, 2.05) is 0 Å². The highest BCUT2D eigenvalue weighted by Gasteiger charge is 3.04. The zero-order valence-electron chi connectivity index (χ0n) is 15.1. The minimum absolute atomic E-state index is 0.0507. The van der Waals surface area contributed by atoms with Crippen LogP contribution in [0.4, 0.5) is 5.82 Å². The molecule has 174 valence electrons. The lowest BCUT2D eigenvalue weighted by Gasteiger charge is -2.38. The van der Waals surface area contributed by atoms with E-state index in [1.54, 1.807) is 0 Å². The number of hydrogen-bond donors (Lipinski definition) is 0. The molecule has 0 radical (unpaired) electrons. The number of rotatable bonds is 0. The van der Waals surface area contributed by atoms with E-state index in [2.05, 4.69) is 15.0 Å². The number of ether oxygens (including phenoxy) is 1. The molecular formula is C10H4N5O15P3. The van der Waals surface area contributed by atoms with Crippen molar-refractivity contribution in [3.8, 4) is 0 Å². The summed E-state index contributed by atoms with van der Waals surface area (Å²) in [5.74, 6) is -10.8. The van der Waals surface area contributed by atoms with Crippen LogP contribution in [0.1, 0.15) is 0 Å². The van der Waals surface area contributed by atoms with E-state index < -0.39 is 53.3 Å². The molecule has 0 saturated carbocycles. The van der Waals surface area contributed by atoms with Gasteiger partial charge in [0.2, 0.25) is 5.82 Å². The largest absolute Gasteiger partial charge is 0.553 e. The van der Waals surface area contributed by atoms with Gasteiger partial charge in [0.05, 0.1) is 0 Å². The van der Waals surface area contributed by atoms with E-state index in [9.17, 15) is 13.7 Å². The Bertz CT molecular complexity index is 1480. The first-order chi connectivity index (χ1) is 15.7. The molecule has 20 nitrogen and oxygen atoms in total. The van der Waals surface area contributed by atoms with E-state index >= 15 is 0 Å². The number of aromatic nitrogens is 4. The monoisotopic (exact) mass is 527 g/mol. The van der Waals surface area contributed by atoms with Crippen LogP contribution in [-0.2, 0) is 75.3 Å². The maximum absolute atomic E-state index is 13.6. The second kappa shape index (κ2) is 4.93. The third-order valence-electron chi connectivity index (χ3n) is 5.66. The first-order valence-corrected chi connectivity index (χ1v) is 13.2. The second-order valence-electron chi connectivity index (χ2n) is 7.37. The van der Waals surface area contributed by atoms with Crippen LogP contribution in [-0.4, -0.2) is 43.5 Å². The van der Waals surface area contributed by atoms with E-state index in [0.29, 0.717) is 0 Å². The Morgan fingerprint density at radius 1 is 0.879 bits per heavy atom. The number of hydrogen-bond acceptors (Lipinski definition) is 19. The summed E-state index contributed by atoms with van der Waals surface area (Å²) in [5, 5.41) is 0.240. The van der Waals surface area contributed by atoms with Gasteiger partial charge in [-0.05, 0) is 0 Å². The van der Waals surface area contributed by atoms with Crippen molar-refractivity contribution < 1.29 is 69.4 Å². The highest BCUT2D eigenvalue weighted by molar-refractivity contribution is 7.50. The smallest absolute Gasteiger partial charge is 0.286 e. The summed E-state index contributed by atoms with van der Waals surface area (Å²) in [6.45, 7) is -0.905. The van der Waals surface area contributed by atoms with Crippen molar-refractivity contribution >= 4 is 40.4 Å². The predicted molar refractivity (Wildman–Crippen MR) is 84.7 cm³/mol. The van der Waals surface area contributed by atoms with Crippen LogP contribution in [0.25, 0.3) is 11.2 Å². The number of anilines is 1. The average molecular weight is 527 g/mol. The predicted octanol–water partition coefficient (Wildman–Crippen LogP) is 0.611. The highest BCUT2D eigenvalue weighted by Crippen LogP contribution is 2.89. The molecule has 9 aliphatic heterocycles. The van der Waals surface area contributed by atoms with Gasteiger partial charge in [0.1, 0.15) is 19.3 Å². The van der Waals surface area contributed by atoms with Gasteiger partial charge in [0, 0.05) is 0 Å². The standard InChI is InChI=1S/C10H4N5O15P3/c16-31-23-8-7-1-19-29-33(18)28-15(27-32(17,22-7)24-8)6-4-5(11-2-12-6)14(3-13-4)10(20-7,26-31)9(8,25-31)21-30-33/h2-3H,1H2/t7-,8?,9+,10+,31?,32?,33?/m0/s1. The maximum Gasteiger partial charge on any atom is 0.553 e. The molecule has 0 N–H and O–H groups in total. The number of phosphoric ester groups is 2. The lowest BCUT2D eigenvalue weighted by atomic mass is 9.98. The molecule has 11 rings (SSSR count). The fraction of sp³-hybridized carbons (Fsp3) is 0.500. The number of phosphoric acid groups is 3. The molecular weight excluding hydrogens is 523 g/mol. The molecule has 9 aliphatic rings. The summed E-state index contributed by atoms with van der Waals surface area (Å²) >= 11 is 0. The molecule has 7 saturated heterocycles. The molecule has 11 heterocycles. The molecule has 7 fully saturated rings. The fourth-order valence-corrected chi connectivity index (χ4v) is 8.85. The molecule has 4 unspecified atom stereocenters. The van der Waals surface area contributed by atoms with Crippen molar-refractivity contribution in [1.82, 2.24) is 19.5 Å². The van der Waals surface area contributed by atoms with Gasteiger partial charge in [-0.3, -0.25) is 9.30 Å². The van der Waals surface area contributed by atoms with E-state index in [4.69, 9.17) is 55.7 Å². The summed E-state index contributed by atoms with van der Waals surface area (Å²) < 4.78 is 95.3. The summed E-state index contributed by atoms with van der Waals surface area (Å²) in [4.78, 5) is 22.6. The SMILES string of the molecule is O=P12OOC[C@@]34O[C@]56OP7(=O)OC3(OP(=O)(ON(O1)c1ncnc3c1ncn35)O4)[C@@]6(OO2)O7. The summed E-state index contributed by atoms with van der Waals surface area (Å²) in [6.07, 6.45) is 2.16. The Morgan fingerprint density at radius 2 is 1.70 bits per heavy atom. The zero-order chi connectivity index (χ0) is 22.1. The van der Waals surface area contributed by atoms with Crippen molar-refractivity contribution in [2.45, 2.75) is 23.3 Å². The van der Waals surface area contributed by atoms with Crippen LogP contribution in [0.5, 0.6) is 0 Å². The molecule has 3 spiro atoms. The summed E-state index contributed by atoms with van der Waals surface area (Å²) in [5.41, 5.74) is -0.145. The van der Waals surface area contributed by atoms with E-state index in [0.717, 1.165) is 17.2 Å². The van der Waals surface area contributed by atoms with E-state index in [-0.39, 0.29) is 22.2 Å². The highest BCUT2D eigenvalue weighted by atomic mass is 31.2. The van der Waals surface area contributed by atoms with Gasteiger partial charge in [-0.1, -0.05) is 5.23 Å². The molecule has 33 heavy (non-hydrogen) atoms. The van der Waals surface area contributed by atoms with Gasteiger partial charge in [0.25, 0.3) is 5.79 Å². The van der Waals surface area contributed by atoms with Crippen LogP contribution in [0.2, 0.25) is 0 Å². The van der Waals surface area contributed by atoms with Crippen molar-refractivity contribution in [2.75, 3.05) is 11.8 Å². The zero-order valence-corrected chi connectivity index (χ0v) is 17.7. The number of fused-ring (bicyclic) bond motifs is 3. The molecule has 0 aliphatic carbocycles. The lowest BCUT2D eigenvalue weighted by molar-refractivity contribution is -0.467. The third kappa shape index (κ3) is 1.74. The summed E-state index contributed by atoms with van der Waals surface area (Å²) in [7, 11) is -14.5. The summed E-state index contributed by atoms with van der Waals surface area (Å²) in [6, 6.07) is 0. The number of nitrogens with zero attached hydrogens (tertiary/aromatic N) is 5. The topological polar surface area (TPSA) is 209 Å². The van der Waals surface area contributed by atoms with Crippen LogP contribution in [0.15, 0.2) is 12.7 Å². The average Bonchev–Trinajstić information content (AvgIpc) is 3.41. The molecule has 23 heteroatoms. The molecule has 12 bridgehead atoms. The molecule has 2 aromatic rings. The van der Waals surface area contributed by atoms with Gasteiger partial charge in [-0.2, -0.15) is 4.89 Å². The molecule has 7 atom stereocenters. The molecule has 0 amide bonds. The molecule has 2 aromatic heterocycles. The minimum atomic E-state index is -4.97. The van der Waals surface area contributed by atoms with Gasteiger partial charge < -0.3 is 0 Å². The Morgan fingerprint density at radius 3 is 2.61 bits per heavy atom. The molecule has 0 aromatic carbocycles. The maximum atomic E-state index is 13.6. The van der Waals surface area contributed by atoms with Crippen molar-refractivity contribution in [3.05, 3.63) is 12.7 Å². The normalized spacial score (nSPS) is 54.8. The van der Waals surface area contributed by atoms with Gasteiger partial charge in [-0.25, -0.2) is 56.2 Å². The Kier molecular flexibility index (Phi) is 2.82. The van der Waals surface area contributed by atoms with Gasteiger partial charge in [-0.15, -0.1) is 18.6 Å². The second-order valence-corrected chi connectivity index (χ2v) is 11.6. The lowest BCUT2D eigenvalue weighted by Crippen LogP contribution is -2.66. The Hall–Kier alpha value is -1.44. The van der Waals surface area contributed by atoms with Crippen LogP contribution in [0, 0.1) is 0 Å². The van der Waals surface area contributed by atoms with Gasteiger partial charge in [0.15, 0.2) is 11.2 Å². The minimum Gasteiger partial charge on any atom is -0.286 e. The first-order valence-electron chi connectivity index (χ1n) is 8.79. The van der Waals surface area contributed by atoms with Crippen molar-refractivity contribution in [2.24, 2.45) is 0 Å². The van der Waals surface area contributed by atoms with Crippen molar-refractivity contribution in [1.29, 1.82) is 0 Å². The first kappa shape index (κ1) is 18.8. The van der Waals surface area contributed by atoms with E-state index in [1.165, 1.54) is 0 Å². The Balaban J connectivity index is 1.52. The van der Waals surface area contributed by atoms with Gasteiger partial charge >= 0.3 is 41.0 Å². The van der Waals surface area contributed by atoms with Crippen molar-refractivity contribution in [3.63, 3.8) is 0 Å².